The third-order valence-electron chi connectivity index (χ3n) is 4.62. The van der Waals surface area contributed by atoms with E-state index in [0.29, 0.717) is 44.2 Å². The number of nitrogens with zero attached hydrogens (tertiary/aromatic N) is 2. The van der Waals surface area contributed by atoms with Gasteiger partial charge in [0.2, 0.25) is 0 Å². The van der Waals surface area contributed by atoms with Gasteiger partial charge in [0, 0.05) is 28.7 Å². The molecule has 2 heterocycles. The summed E-state index contributed by atoms with van der Waals surface area (Å²) in [6.45, 7) is 0. The Balaban J connectivity index is 1.56. The number of pyridine rings is 2. The van der Waals surface area contributed by atoms with Crippen LogP contribution in [0.2, 0.25) is 10.0 Å². The molecule has 0 aliphatic rings. The van der Waals surface area contributed by atoms with E-state index in [0.717, 1.165) is 0 Å². The van der Waals surface area contributed by atoms with Gasteiger partial charge in [-0.05, 0) is 78.9 Å². The number of allylic oxidation sites excluding steroid dienone is 1. The molecule has 0 bridgehead atoms. The number of anilines is 4. The summed E-state index contributed by atoms with van der Waals surface area (Å²) in [5, 5.41) is 7.19. The summed E-state index contributed by atoms with van der Waals surface area (Å²) in [7, 11) is 0. The number of benzene rings is 2. The van der Waals surface area contributed by atoms with E-state index in [9.17, 15) is 9.18 Å². The Bertz CT molecular complexity index is 1330. The second-order valence-corrected chi connectivity index (χ2v) is 7.76. The van der Waals surface area contributed by atoms with Gasteiger partial charge in [0.25, 0.3) is 0 Å². The van der Waals surface area contributed by atoms with E-state index in [1.54, 1.807) is 67.0 Å². The van der Waals surface area contributed by atoms with E-state index in [1.165, 1.54) is 18.2 Å². The fourth-order valence-electron chi connectivity index (χ4n) is 3.00. The monoisotopic (exact) mass is 478 g/mol. The first-order valence-corrected chi connectivity index (χ1v) is 10.6. The van der Waals surface area contributed by atoms with Gasteiger partial charge in [-0.1, -0.05) is 23.2 Å². The van der Waals surface area contributed by atoms with Crippen molar-refractivity contribution in [3.05, 3.63) is 112 Å². The lowest BCUT2D eigenvalue weighted by Gasteiger charge is -2.11. The van der Waals surface area contributed by atoms with Crippen LogP contribution >= 0.6 is 23.2 Å². The summed E-state index contributed by atoms with van der Waals surface area (Å²) in [5.41, 5.74) is 2.32. The van der Waals surface area contributed by atoms with E-state index in [4.69, 9.17) is 23.2 Å². The summed E-state index contributed by atoms with van der Waals surface area (Å²) < 4.78 is 13.2. The van der Waals surface area contributed by atoms with Crippen molar-refractivity contribution in [1.82, 2.24) is 9.97 Å². The Labute approximate surface area is 199 Å². The van der Waals surface area contributed by atoms with Gasteiger partial charge in [0.1, 0.15) is 17.5 Å². The number of hydrogen-bond donors (Lipinski definition) is 2. The molecule has 0 aliphatic carbocycles. The van der Waals surface area contributed by atoms with Crippen LogP contribution in [0.3, 0.4) is 0 Å². The molecule has 0 unspecified atom stereocenters. The third-order valence-corrected chi connectivity index (χ3v) is 5.17. The minimum Gasteiger partial charge on any atom is -0.340 e. The lowest BCUT2D eigenvalue weighted by Crippen LogP contribution is -2.03. The molecule has 164 valence electrons. The molecule has 0 saturated heterocycles. The highest BCUT2D eigenvalue weighted by atomic mass is 35.5. The Hall–Kier alpha value is -3.74. The van der Waals surface area contributed by atoms with Crippen molar-refractivity contribution >= 4 is 58.1 Å². The molecule has 4 rings (SSSR count). The predicted octanol–water partition coefficient (Wildman–Crippen LogP) is 7.31. The maximum atomic E-state index is 13.2. The van der Waals surface area contributed by atoms with Gasteiger partial charge in [-0.15, -0.1) is 0 Å². The van der Waals surface area contributed by atoms with E-state index in [2.05, 4.69) is 20.6 Å². The number of ketones is 1. The second kappa shape index (κ2) is 10.3. The zero-order chi connectivity index (χ0) is 23.2. The molecule has 0 saturated carbocycles. The van der Waals surface area contributed by atoms with Crippen LogP contribution in [0.1, 0.15) is 15.9 Å². The number of hydrogen-bond acceptors (Lipinski definition) is 5. The van der Waals surface area contributed by atoms with Crippen molar-refractivity contribution < 1.29 is 9.18 Å². The number of aromatic nitrogens is 2. The molecule has 0 spiro atoms. The van der Waals surface area contributed by atoms with Crippen molar-refractivity contribution in [2.24, 2.45) is 0 Å². The summed E-state index contributed by atoms with van der Waals surface area (Å²) in [4.78, 5) is 21.5. The van der Waals surface area contributed by atoms with Crippen molar-refractivity contribution in [2.75, 3.05) is 10.6 Å². The summed E-state index contributed by atoms with van der Waals surface area (Å²) in [6, 6.07) is 17.8. The summed E-state index contributed by atoms with van der Waals surface area (Å²) in [6.07, 6.45) is 6.32. The molecule has 8 heteroatoms. The van der Waals surface area contributed by atoms with Gasteiger partial charge < -0.3 is 10.6 Å². The highest BCUT2D eigenvalue weighted by Crippen LogP contribution is 2.29. The SMILES string of the molecule is O=C(C=Cc1cccnc1Nc1ccc(Cl)cc1Cl)c1cccnc1Nc1ccc(F)cc1. The number of halogens is 3. The minimum atomic E-state index is -0.346. The number of nitrogens with one attached hydrogen (secondary N) is 2. The van der Waals surface area contributed by atoms with Crippen LogP contribution in [0.25, 0.3) is 6.08 Å². The number of carbonyl (C=O) groups excluding carboxylic acids is 1. The lowest BCUT2D eigenvalue weighted by atomic mass is 10.1. The molecule has 2 aromatic carbocycles. The van der Waals surface area contributed by atoms with Crippen LogP contribution in [-0.2, 0) is 0 Å². The normalized spacial score (nSPS) is 10.9. The first-order chi connectivity index (χ1) is 16.0. The Morgan fingerprint density at radius 2 is 1.61 bits per heavy atom. The molecule has 5 nitrogen and oxygen atoms in total. The topological polar surface area (TPSA) is 66.9 Å². The molecular weight excluding hydrogens is 462 g/mol. The Morgan fingerprint density at radius 3 is 2.36 bits per heavy atom. The molecule has 0 atom stereocenters. The Morgan fingerprint density at radius 1 is 0.879 bits per heavy atom. The van der Waals surface area contributed by atoms with Gasteiger partial charge >= 0.3 is 0 Å². The maximum absolute atomic E-state index is 13.2. The van der Waals surface area contributed by atoms with Crippen LogP contribution in [0.15, 0.2) is 85.2 Å². The van der Waals surface area contributed by atoms with Gasteiger partial charge in [0.15, 0.2) is 5.78 Å². The minimum absolute atomic E-state index is 0.257. The van der Waals surface area contributed by atoms with E-state index in [-0.39, 0.29) is 11.6 Å². The third kappa shape index (κ3) is 5.74. The van der Waals surface area contributed by atoms with Crippen LogP contribution in [0.5, 0.6) is 0 Å². The highest BCUT2D eigenvalue weighted by Gasteiger charge is 2.11. The number of carbonyl (C=O) groups is 1. The Kier molecular flexibility index (Phi) is 6.98. The second-order valence-electron chi connectivity index (χ2n) is 6.92. The standard InChI is InChI=1S/C25H17Cl2FN4O/c26-17-6-11-22(21(27)15-17)32-24-16(3-1-13-29-24)5-12-23(33)20-4-2-14-30-25(20)31-19-9-7-18(28)8-10-19/h1-15H,(H,29,32)(H,30,31). The smallest absolute Gasteiger partial charge is 0.189 e. The zero-order valence-corrected chi connectivity index (χ0v) is 18.6. The maximum Gasteiger partial charge on any atom is 0.189 e. The van der Waals surface area contributed by atoms with Crippen molar-refractivity contribution in [1.29, 1.82) is 0 Å². The van der Waals surface area contributed by atoms with E-state index in [1.807, 2.05) is 6.07 Å². The molecule has 2 aromatic heterocycles. The largest absolute Gasteiger partial charge is 0.340 e. The average molecular weight is 479 g/mol. The molecular formula is C25H17Cl2FN4O. The molecule has 0 amide bonds. The average Bonchev–Trinajstić information content (AvgIpc) is 2.82. The van der Waals surface area contributed by atoms with Crippen LogP contribution in [0.4, 0.5) is 27.4 Å². The van der Waals surface area contributed by atoms with Crippen molar-refractivity contribution in [3.63, 3.8) is 0 Å². The van der Waals surface area contributed by atoms with E-state index < -0.39 is 0 Å². The quantitative estimate of drug-likeness (QED) is 0.215. The van der Waals surface area contributed by atoms with E-state index >= 15 is 0 Å². The first-order valence-electron chi connectivity index (χ1n) is 9.87. The molecule has 33 heavy (non-hydrogen) atoms. The van der Waals surface area contributed by atoms with Gasteiger partial charge in [0.05, 0.1) is 16.3 Å². The van der Waals surface area contributed by atoms with Crippen molar-refractivity contribution in [3.8, 4) is 0 Å². The molecule has 0 aliphatic heterocycles. The first kappa shape index (κ1) is 22.5. The van der Waals surface area contributed by atoms with Gasteiger partial charge in [-0.25, -0.2) is 14.4 Å². The van der Waals surface area contributed by atoms with Gasteiger partial charge in [-0.2, -0.15) is 0 Å². The number of rotatable bonds is 7. The van der Waals surface area contributed by atoms with Crippen LogP contribution in [-0.4, -0.2) is 15.8 Å². The molecule has 0 radical (unpaired) electrons. The molecule has 2 N–H and O–H groups in total. The zero-order valence-electron chi connectivity index (χ0n) is 17.1. The highest BCUT2D eigenvalue weighted by molar-refractivity contribution is 6.36. The van der Waals surface area contributed by atoms with Crippen LogP contribution in [0, 0.1) is 5.82 Å². The fraction of sp³-hybridized carbons (Fsp3) is 0. The fourth-order valence-corrected chi connectivity index (χ4v) is 3.46. The van der Waals surface area contributed by atoms with Crippen molar-refractivity contribution in [2.45, 2.75) is 0 Å². The van der Waals surface area contributed by atoms with Crippen LogP contribution < -0.4 is 10.6 Å². The molecule has 4 aromatic rings. The summed E-state index contributed by atoms with van der Waals surface area (Å²) in [5.74, 6) is 0.298. The van der Waals surface area contributed by atoms with Gasteiger partial charge in [-0.3, -0.25) is 4.79 Å². The molecule has 0 fully saturated rings. The summed E-state index contributed by atoms with van der Waals surface area (Å²) >= 11 is 12.2. The lowest BCUT2D eigenvalue weighted by molar-refractivity contribution is 0.104. The predicted molar refractivity (Wildman–Crippen MR) is 131 cm³/mol.